The van der Waals surface area contributed by atoms with E-state index < -0.39 is 0 Å². The van der Waals surface area contributed by atoms with E-state index >= 15 is 0 Å². The van der Waals surface area contributed by atoms with Crippen LogP contribution in [0, 0.1) is 5.92 Å². The first-order valence-electron chi connectivity index (χ1n) is 5.42. The molecule has 0 spiro atoms. The van der Waals surface area contributed by atoms with Gasteiger partial charge in [0.1, 0.15) is 5.51 Å². The smallest absolute Gasteiger partial charge is 0.233 e. The van der Waals surface area contributed by atoms with Crippen LogP contribution in [-0.2, 0) is 4.79 Å². The number of rotatable bonds is 3. The van der Waals surface area contributed by atoms with Crippen LogP contribution in [0.15, 0.2) is 9.85 Å². The Kier molecular flexibility index (Phi) is 4.17. The zero-order valence-corrected chi connectivity index (χ0v) is 10.9. The van der Waals surface area contributed by atoms with Gasteiger partial charge in [-0.1, -0.05) is 30.0 Å². The maximum atomic E-state index is 11.9. The average molecular weight is 257 g/mol. The summed E-state index contributed by atoms with van der Waals surface area (Å²) in [6.45, 7) is 4.03. The fraction of sp³-hybridized carbons (Fsp3) is 0.700. The summed E-state index contributed by atoms with van der Waals surface area (Å²) in [5, 5.41) is 7.66. The third-order valence-corrected chi connectivity index (χ3v) is 4.51. The summed E-state index contributed by atoms with van der Waals surface area (Å²) < 4.78 is 0.874. The van der Waals surface area contributed by atoms with E-state index in [9.17, 15) is 4.79 Å². The number of likely N-dealkylation sites (tertiary alicyclic amines) is 1. The van der Waals surface area contributed by atoms with Crippen LogP contribution in [0.3, 0.4) is 0 Å². The molecule has 0 radical (unpaired) electrons. The van der Waals surface area contributed by atoms with Crippen LogP contribution in [-0.4, -0.2) is 39.8 Å². The molecule has 1 atom stereocenters. The number of hydrogen-bond donors (Lipinski definition) is 0. The second kappa shape index (κ2) is 5.63. The maximum absolute atomic E-state index is 11.9. The summed E-state index contributed by atoms with van der Waals surface area (Å²) in [4.78, 5) is 13.9. The molecule has 1 fully saturated rings. The highest BCUT2D eigenvalue weighted by Crippen LogP contribution is 2.21. The topological polar surface area (TPSA) is 46.1 Å². The van der Waals surface area contributed by atoms with Gasteiger partial charge in [-0.2, -0.15) is 0 Å². The van der Waals surface area contributed by atoms with Gasteiger partial charge in [0.05, 0.1) is 5.75 Å². The second-order valence-electron chi connectivity index (χ2n) is 4.08. The van der Waals surface area contributed by atoms with E-state index in [2.05, 4.69) is 17.1 Å². The third-order valence-electron chi connectivity index (χ3n) is 2.67. The van der Waals surface area contributed by atoms with E-state index in [1.165, 1.54) is 29.5 Å². The highest BCUT2D eigenvalue weighted by molar-refractivity contribution is 8.01. The van der Waals surface area contributed by atoms with Crippen molar-refractivity contribution in [3.63, 3.8) is 0 Å². The molecule has 1 aromatic heterocycles. The van der Waals surface area contributed by atoms with E-state index in [1.54, 1.807) is 5.51 Å². The molecule has 1 saturated heterocycles. The minimum absolute atomic E-state index is 0.228. The Hall–Kier alpha value is -0.620. The van der Waals surface area contributed by atoms with Gasteiger partial charge < -0.3 is 4.90 Å². The summed E-state index contributed by atoms with van der Waals surface area (Å²) in [5.41, 5.74) is 1.69. The fourth-order valence-electron chi connectivity index (χ4n) is 1.86. The molecule has 0 N–H and O–H groups in total. The molecular formula is C10H15N3OS2. The molecule has 1 aromatic rings. The minimum Gasteiger partial charge on any atom is -0.342 e. The van der Waals surface area contributed by atoms with Crippen molar-refractivity contribution in [2.75, 3.05) is 18.8 Å². The van der Waals surface area contributed by atoms with Crippen LogP contribution < -0.4 is 0 Å². The van der Waals surface area contributed by atoms with Crippen LogP contribution in [0.25, 0.3) is 0 Å². The molecule has 4 nitrogen and oxygen atoms in total. The van der Waals surface area contributed by atoms with Gasteiger partial charge in [0, 0.05) is 13.1 Å². The first kappa shape index (κ1) is 11.9. The minimum atomic E-state index is 0.228. The highest BCUT2D eigenvalue weighted by atomic mass is 32.2. The lowest BCUT2D eigenvalue weighted by atomic mass is 10.0. The van der Waals surface area contributed by atoms with Crippen molar-refractivity contribution < 1.29 is 4.79 Å². The molecule has 0 aliphatic carbocycles. The molecule has 88 valence electrons. The van der Waals surface area contributed by atoms with Crippen molar-refractivity contribution in [2.45, 2.75) is 24.1 Å². The molecule has 1 amide bonds. The quantitative estimate of drug-likeness (QED) is 0.776. The first-order valence-corrected chi connectivity index (χ1v) is 7.29. The second-order valence-corrected chi connectivity index (χ2v) is 6.14. The SMILES string of the molecule is CC1CCCN(C(=O)CSc2nncs2)C1. The predicted octanol–water partition coefficient (Wildman–Crippen LogP) is 1.89. The van der Waals surface area contributed by atoms with Gasteiger partial charge in [-0.3, -0.25) is 4.79 Å². The Morgan fingerprint density at radius 2 is 2.62 bits per heavy atom. The summed E-state index contributed by atoms with van der Waals surface area (Å²) in [6.07, 6.45) is 2.38. The van der Waals surface area contributed by atoms with Gasteiger partial charge in [0.2, 0.25) is 5.91 Å². The molecule has 16 heavy (non-hydrogen) atoms. The average Bonchev–Trinajstić information content (AvgIpc) is 2.78. The van der Waals surface area contributed by atoms with E-state index in [0.29, 0.717) is 11.7 Å². The van der Waals surface area contributed by atoms with Gasteiger partial charge in [0.25, 0.3) is 0 Å². The number of carbonyl (C=O) groups is 1. The highest BCUT2D eigenvalue weighted by Gasteiger charge is 2.20. The molecule has 1 unspecified atom stereocenters. The van der Waals surface area contributed by atoms with Crippen LogP contribution in [0.1, 0.15) is 19.8 Å². The molecule has 0 aromatic carbocycles. The van der Waals surface area contributed by atoms with Gasteiger partial charge in [-0.25, -0.2) is 0 Å². The number of nitrogens with zero attached hydrogens (tertiary/aromatic N) is 3. The van der Waals surface area contributed by atoms with Crippen LogP contribution in [0.4, 0.5) is 0 Å². The van der Waals surface area contributed by atoms with Crippen LogP contribution >= 0.6 is 23.1 Å². The van der Waals surface area contributed by atoms with Crippen molar-refractivity contribution in [1.82, 2.24) is 15.1 Å². The standard InChI is InChI=1S/C10H15N3OS2/c1-8-3-2-4-13(5-8)9(14)6-15-10-12-11-7-16-10/h7-8H,2-6H2,1H3. The monoisotopic (exact) mass is 257 g/mol. The van der Waals surface area contributed by atoms with Crippen molar-refractivity contribution in [1.29, 1.82) is 0 Å². The third kappa shape index (κ3) is 3.18. The lowest BCUT2D eigenvalue weighted by Crippen LogP contribution is -2.40. The van der Waals surface area contributed by atoms with Crippen molar-refractivity contribution in [2.24, 2.45) is 5.92 Å². The lowest BCUT2D eigenvalue weighted by Gasteiger charge is -2.30. The molecule has 0 bridgehead atoms. The summed E-state index contributed by atoms with van der Waals surface area (Å²) in [6, 6.07) is 0. The molecular weight excluding hydrogens is 242 g/mol. The molecule has 2 rings (SSSR count). The fourth-order valence-corrected chi connectivity index (χ4v) is 3.25. The molecule has 1 aliphatic rings. The van der Waals surface area contributed by atoms with Gasteiger partial charge in [-0.15, -0.1) is 10.2 Å². The number of hydrogen-bond acceptors (Lipinski definition) is 5. The van der Waals surface area contributed by atoms with Crippen LogP contribution in [0.2, 0.25) is 0 Å². The van der Waals surface area contributed by atoms with Gasteiger partial charge in [0.15, 0.2) is 4.34 Å². The largest absolute Gasteiger partial charge is 0.342 e. The number of aromatic nitrogens is 2. The van der Waals surface area contributed by atoms with E-state index in [-0.39, 0.29) is 5.91 Å². The van der Waals surface area contributed by atoms with E-state index in [1.807, 2.05) is 4.90 Å². The van der Waals surface area contributed by atoms with Gasteiger partial charge in [-0.05, 0) is 18.8 Å². The summed E-state index contributed by atoms with van der Waals surface area (Å²) in [7, 11) is 0. The normalized spacial score (nSPS) is 21.1. The van der Waals surface area contributed by atoms with Crippen molar-refractivity contribution in [3.05, 3.63) is 5.51 Å². The predicted molar refractivity (Wildman–Crippen MR) is 65.6 cm³/mol. The molecule has 1 aliphatic heterocycles. The van der Waals surface area contributed by atoms with Gasteiger partial charge >= 0.3 is 0 Å². The molecule has 2 heterocycles. The zero-order chi connectivity index (χ0) is 11.4. The van der Waals surface area contributed by atoms with E-state index in [0.717, 1.165) is 23.8 Å². The Balaban J connectivity index is 1.79. The first-order chi connectivity index (χ1) is 7.75. The number of piperidine rings is 1. The molecule has 0 saturated carbocycles. The summed E-state index contributed by atoms with van der Waals surface area (Å²) in [5.74, 6) is 1.36. The van der Waals surface area contributed by atoms with Crippen molar-refractivity contribution in [3.8, 4) is 0 Å². The molecule has 6 heteroatoms. The lowest BCUT2D eigenvalue weighted by molar-refractivity contribution is -0.130. The number of thioether (sulfide) groups is 1. The number of amides is 1. The Morgan fingerprint density at radius 3 is 3.31 bits per heavy atom. The summed E-state index contributed by atoms with van der Waals surface area (Å²) >= 11 is 2.97. The maximum Gasteiger partial charge on any atom is 0.233 e. The Bertz CT molecular complexity index is 342. The van der Waals surface area contributed by atoms with E-state index in [4.69, 9.17) is 0 Å². The zero-order valence-electron chi connectivity index (χ0n) is 9.26. The number of carbonyl (C=O) groups excluding carboxylic acids is 1. The van der Waals surface area contributed by atoms with Crippen molar-refractivity contribution >= 4 is 29.0 Å². The Labute approximate surface area is 103 Å². The van der Waals surface area contributed by atoms with Crippen LogP contribution in [0.5, 0.6) is 0 Å². The Morgan fingerprint density at radius 1 is 1.75 bits per heavy atom.